The van der Waals surface area contributed by atoms with Crippen molar-refractivity contribution in [1.82, 2.24) is 9.80 Å². The lowest BCUT2D eigenvalue weighted by molar-refractivity contribution is 0.0955. The summed E-state index contributed by atoms with van der Waals surface area (Å²) in [4.78, 5) is 16.6. The van der Waals surface area contributed by atoms with Crippen molar-refractivity contribution in [2.24, 2.45) is 0 Å². The van der Waals surface area contributed by atoms with Gasteiger partial charge >= 0.3 is 6.09 Å². The normalized spacial score (nSPS) is 12.9. The molecule has 4 rings (SSSR count). The summed E-state index contributed by atoms with van der Waals surface area (Å²) in [7, 11) is 4.14. The Bertz CT molecular complexity index is 984. The molecule has 3 aromatic rings. The second kappa shape index (κ2) is 8.50. The van der Waals surface area contributed by atoms with Crippen LogP contribution >= 0.6 is 0 Å². The van der Waals surface area contributed by atoms with Gasteiger partial charge in [-0.1, -0.05) is 66.7 Å². The van der Waals surface area contributed by atoms with Gasteiger partial charge in [-0.2, -0.15) is 0 Å². The fourth-order valence-electron chi connectivity index (χ4n) is 3.85. The molecular weight excluding hydrogens is 360 g/mol. The third-order valence-electron chi connectivity index (χ3n) is 5.16. The smallest absolute Gasteiger partial charge is 0.410 e. The van der Waals surface area contributed by atoms with Gasteiger partial charge in [0.2, 0.25) is 0 Å². The second-order valence-corrected chi connectivity index (χ2v) is 7.78. The molecule has 0 saturated carbocycles. The molecule has 29 heavy (non-hydrogen) atoms. The van der Waals surface area contributed by atoms with Crippen LogP contribution < -0.4 is 0 Å². The van der Waals surface area contributed by atoms with E-state index in [1.165, 1.54) is 27.8 Å². The predicted octanol–water partition coefficient (Wildman–Crippen LogP) is 5.07. The van der Waals surface area contributed by atoms with Crippen LogP contribution in [0.1, 0.15) is 22.3 Å². The number of carbonyl (C=O) groups is 1. The van der Waals surface area contributed by atoms with E-state index in [1.807, 2.05) is 36.4 Å². The Morgan fingerprint density at radius 1 is 0.931 bits per heavy atom. The maximum Gasteiger partial charge on any atom is 0.410 e. The quantitative estimate of drug-likeness (QED) is 0.614. The summed E-state index contributed by atoms with van der Waals surface area (Å²) >= 11 is 0. The molecular formula is C25H26N2O2. The number of amides is 1. The maximum atomic E-state index is 12.7. The lowest BCUT2D eigenvalue weighted by atomic mass is 9.94. The summed E-state index contributed by atoms with van der Waals surface area (Å²) in [5.41, 5.74) is 7.07. The van der Waals surface area contributed by atoms with Crippen LogP contribution in [0.15, 0.2) is 72.8 Å². The summed E-state index contributed by atoms with van der Waals surface area (Å²) in [5, 5.41) is 0. The van der Waals surface area contributed by atoms with Crippen molar-refractivity contribution in [3.63, 3.8) is 0 Å². The Hall–Kier alpha value is -3.11. The Morgan fingerprint density at radius 3 is 2.31 bits per heavy atom. The van der Waals surface area contributed by atoms with Crippen molar-refractivity contribution >= 4 is 6.09 Å². The molecule has 0 saturated heterocycles. The second-order valence-electron chi connectivity index (χ2n) is 7.78. The first-order chi connectivity index (χ1) is 14.1. The number of nitrogens with zero attached hydrogens (tertiary/aromatic N) is 2. The third kappa shape index (κ3) is 4.49. The molecule has 0 unspecified atom stereocenters. The number of carbonyl (C=O) groups excluding carboxylic acids is 1. The van der Waals surface area contributed by atoms with Crippen LogP contribution in [0, 0.1) is 0 Å². The van der Waals surface area contributed by atoms with Crippen molar-refractivity contribution < 1.29 is 9.53 Å². The molecule has 0 atom stereocenters. The average Bonchev–Trinajstić information content (AvgIpc) is 3.16. The van der Waals surface area contributed by atoms with Crippen LogP contribution in [0.3, 0.4) is 0 Å². The van der Waals surface area contributed by atoms with Gasteiger partial charge in [0.1, 0.15) is 6.61 Å². The summed E-state index contributed by atoms with van der Waals surface area (Å²) in [5.74, 6) is 0. The van der Waals surface area contributed by atoms with E-state index in [1.54, 1.807) is 4.90 Å². The minimum atomic E-state index is -0.266. The average molecular weight is 386 g/mol. The van der Waals surface area contributed by atoms with Crippen molar-refractivity contribution in [3.05, 3.63) is 95.1 Å². The van der Waals surface area contributed by atoms with Crippen LogP contribution in [0.4, 0.5) is 4.79 Å². The molecule has 4 nitrogen and oxygen atoms in total. The van der Waals surface area contributed by atoms with Crippen molar-refractivity contribution in [1.29, 1.82) is 0 Å². The maximum absolute atomic E-state index is 12.7. The van der Waals surface area contributed by atoms with E-state index in [2.05, 4.69) is 55.4 Å². The van der Waals surface area contributed by atoms with Gasteiger partial charge in [-0.15, -0.1) is 0 Å². The van der Waals surface area contributed by atoms with Gasteiger partial charge in [0, 0.05) is 13.1 Å². The highest BCUT2D eigenvalue weighted by Crippen LogP contribution is 2.34. The number of benzene rings is 3. The Balaban J connectivity index is 1.56. The van der Waals surface area contributed by atoms with Crippen LogP contribution in [0.5, 0.6) is 0 Å². The van der Waals surface area contributed by atoms with Gasteiger partial charge in [0.15, 0.2) is 0 Å². The molecule has 0 bridgehead atoms. The molecule has 1 heterocycles. The van der Waals surface area contributed by atoms with Gasteiger partial charge < -0.3 is 9.64 Å². The Kier molecular flexibility index (Phi) is 5.63. The standard InChI is InChI=1S/C25H26N2O2/c1-26(2)15-20-13-22-16-27(25(28)29-18-19-9-5-3-6-10-19)17-24(22)23(14-20)21-11-7-4-8-12-21/h3-14H,15-18H2,1-2H3. The van der Waals surface area contributed by atoms with Crippen molar-refractivity contribution in [3.8, 4) is 11.1 Å². The number of fused-ring (bicyclic) bond motifs is 1. The van der Waals surface area contributed by atoms with Crippen LogP contribution in [0.25, 0.3) is 11.1 Å². The van der Waals surface area contributed by atoms with E-state index in [0.717, 1.165) is 12.1 Å². The molecule has 0 radical (unpaired) electrons. The molecule has 0 aliphatic carbocycles. The Labute approximate surface area is 172 Å². The molecule has 1 amide bonds. The first kappa shape index (κ1) is 19.2. The van der Waals surface area contributed by atoms with E-state index in [-0.39, 0.29) is 6.09 Å². The Morgan fingerprint density at radius 2 is 1.62 bits per heavy atom. The van der Waals surface area contributed by atoms with E-state index in [4.69, 9.17) is 4.74 Å². The molecule has 1 aliphatic rings. The van der Waals surface area contributed by atoms with Gasteiger partial charge in [0.05, 0.1) is 6.54 Å². The molecule has 0 N–H and O–H groups in total. The molecule has 0 fully saturated rings. The monoisotopic (exact) mass is 386 g/mol. The zero-order valence-corrected chi connectivity index (χ0v) is 17.0. The molecule has 1 aliphatic heterocycles. The number of hydrogen-bond acceptors (Lipinski definition) is 3. The zero-order chi connectivity index (χ0) is 20.2. The van der Waals surface area contributed by atoms with Gasteiger partial charge in [-0.05, 0) is 53.5 Å². The number of hydrogen-bond donors (Lipinski definition) is 0. The molecule has 3 aromatic carbocycles. The first-order valence-corrected chi connectivity index (χ1v) is 9.90. The lowest BCUT2D eigenvalue weighted by Gasteiger charge is -2.16. The molecule has 0 aromatic heterocycles. The molecule has 0 spiro atoms. The van der Waals surface area contributed by atoms with E-state index in [0.29, 0.717) is 19.7 Å². The van der Waals surface area contributed by atoms with E-state index >= 15 is 0 Å². The number of ether oxygens (including phenoxy) is 1. The highest BCUT2D eigenvalue weighted by molar-refractivity contribution is 5.74. The minimum absolute atomic E-state index is 0.266. The minimum Gasteiger partial charge on any atom is -0.445 e. The fraction of sp³-hybridized carbons (Fsp3) is 0.240. The molecule has 148 valence electrons. The topological polar surface area (TPSA) is 32.8 Å². The third-order valence-corrected chi connectivity index (χ3v) is 5.16. The first-order valence-electron chi connectivity index (χ1n) is 9.90. The lowest BCUT2D eigenvalue weighted by Crippen LogP contribution is -2.26. The van der Waals surface area contributed by atoms with Crippen LogP contribution in [0.2, 0.25) is 0 Å². The van der Waals surface area contributed by atoms with Crippen LogP contribution in [-0.2, 0) is 31.0 Å². The van der Waals surface area contributed by atoms with Crippen molar-refractivity contribution in [2.45, 2.75) is 26.2 Å². The predicted molar refractivity (Wildman–Crippen MR) is 115 cm³/mol. The van der Waals surface area contributed by atoms with E-state index < -0.39 is 0 Å². The summed E-state index contributed by atoms with van der Waals surface area (Å²) in [6, 6.07) is 24.7. The summed E-state index contributed by atoms with van der Waals surface area (Å²) < 4.78 is 5.56. The molecule has 4 heteroatoms. The summed E-state index contributed by atoms with van der Waals surface area (Å²) in [6.45, 7) is 2.33. The van der Waals surface area contributed by atoms with Gasteiger partial charge in [-0.3, -0.25) is 4.90 Å². The SMILES string of the molecule is CN(C)Cc1cc2c(c(-c3ccccc3)c1)CN(C(=O)OCc1ccccc1)C2. The van der Waals surface area contributed by atoms with Gasteiger partial charge in [0.25, 0.3) is 0 Å². The van der Waals surface area contributed by atoms with Gasteiger partial charge in [-0.25, -0.2) is 4.79 Å². The largest absolute Gasteiger partial charge is 0.445 e. The highest BCUT2D eigenvalue weighted by Gasteiger charge is 2.27. The van der Waals surface area contributed by atoms with Crippen molar-refractivity contribution in [2.75, 3.05) is 14.1 Å². The van der Waals surface area contributed by atoms with E-state index in [9.17, 15) is 4.79 Å². The summed E-state index contributed by atoms with van der Waals surface area (Å²) in [6.07, 6.45) is -0.266. The fourth-order valence-corrected chi connectivity index (χ4v) is 3.85. The number of rotatable bonds is 5. The van der Waals surface area contributed by atoms with Crippen LogP contribution in [-0.4, -0.2) is 30.0 Å². The highest BCUT2D eigenvalue weighted by atomic mass is 16.6. The zero-order valence-electron chi connectivity index (χ0n) is 17.0.